The van der Waals surface area contributed by atoms with Crippen LogP contribution in [0.3, 0.4) is 0 Å². The van der Waals surface area contributed by atoms with Crippen LogP contribution in [0, 0.1) is 0 Å². The Morgan fingerprint density at radius 1 is 1.30 bits per heavy atom. The summed E-state index contributed by atoms with van der Waals surface area (Å²) in [5, 5.41) is 6.58. The smallest absolute Gasteiger partial charge is 0.191 e. The molecule has 0 saturated carbocycles. The molecule has 1 rings (SSSR count). The lowest BCUT2D eigenvalue weighted by Crippen LogP contribution is -2.40. The maximum atomic E-state index is 5.31. The van der Waals surface area contributed by atoms with Gasteiger partial charge in [0.25, 0.3) is 0 Å². The summed E-state index contributed by atoms with van der Waals surface area (Å²) in [5.74, 6) is 1.84. The van der Waals surface area contributed by atoms with Gasteiger partial charge in [-0.1, -0.05) is 19.8 Å². The molecule has 1 heterocycles. The Kier molecular flexibility index (Phi) is 9.40. The molecule has 5 nitrogen and oxygen atoms in total. The first-order valence-corrected chi connectivity index (χ1v) is 7.40. The van der Waals surface area contributed by atoms with Crippen LogP contribution >= 0.6 is 0 Å². The molecular formula is C15H27N3O2. The fourth-order valence-corrected chi connectivity index (χ4v) is 1.76. The predicted molar refractivity (Wildman–Crippen MR) is 82.1 cm³/mol. The average Bonchev–Trinajstić information content (AvgIpc) is 2.96. The lowest BCUT2D eigenvalue weighted by molar-refractivity contribution is 0.203. The first-order chi connectivity index (χ1) is 9.86. The lowest BCUT2D eigenvalue weighted by atomic mass is 10.2. The maximum absolute atomic E-state index is 5.31. The van der Waals surface area contributed by atoms with Crippen molar-refractivity contribution in [2.45, 2.75) is 32.6 Å². The van der Waals surface area contributed by atoms with Crippen molar-refractivity contribution in [2.24, 2.45) is 4.99 Å². The topological polar surface area (TPSA) is 58.8 Å². The van der Waals surface area contributed by atoms with Crippen molar-refractivity contribution in [1.82, 2.24) is 10.6 Å². The van der Waals surface area contributed by atoms with Crippen LogP contribution in [0.25, 0.3) is 0 Å². The minimum Gasteiger partial charge on any atom is -0.469 e. The highest BCUT2D eigenvalue weighted by molar-refractivity contribution is 5.79. The number of hydrogen-bond acceptors (Lipinski definition) is 3. The minimum atomic E-state index is 0.674. The summed E-state index contributed by atoms with van der Waals surface area (Å²) in [5.41, 5.74) is 0. The van der Waals surface area contributed by atoms with Gasteiger partial charge in [0, 0.05) is 33.2 Å². The van der Waals surface area contributed by atoms with Gasteiger partial charge in [-0.15, -0.1) is 0 Å². The summed E-state index contributed by atoms with van der Waals surface area (Å²) in [6.45, 7) is 5.30. The van der Waals surface area contributed by atoms with Crippen molar-refractivity contribution in [1.29, 1.82) is 0 Å². The second kappa shape index (κ2) is 11.3. The van der Waals surface area contributed by atoms with E-state index in [9.17, 15) is 0 Å². The number of unbranched alkanes of at least 4 members (excludes halogenated alkanes) is 2. The quantitative estimate of drug-likeness (QED) is 0.392. The predicted octanol–water partition coefficient (Wildman–Crippen LogP) is 2.19. The van der Waals surface area contributed by atoms with Gasteiger partial charge < -0.3 is 19.8 Å². The van der Waals surface area contributed by atoms with Crippen LogP contribution < -0.4 is 10.6 Å². The Morgan fingerprint density at radius 2 is 2.15 bits per heavy atom. The molecule has 0 unspecified atom stereocenters. The zero-order chi connectivity index (χ0) is 14.5. The number of ether oxygens (including phenoxy) is 1. The van der Waals surface area contributed by atoms with E-state index in [4.69, 9.17) is 9.15 Å². The summed E-state index contributed by atoms with van der Waals surface area (Å²) in [6, 6.07) is 3.89. The SMILES string of the molecule is CCCCCN=C(NCCOC)NCCc1ccco1. The third-order valence-electron chi connectivity index (χ3n) is 2.87. The van der Waals surface area contributed by atoms with Crippen molar-refractivity contribution in [3.63, 3.8) is 0 Å². The summed E-state index contributed by atoms with van der Waals surface area (Å²) in [6.07, 6.45) is 6.12. The molecule has 0 spiro atoms. The van der Waals surface area contributed by atoms with Gasteiger partial charge >= 0.3 is 0 Å². The molecule has 114 valence electrons. The molecule has 20 heavy (non-hydrogen) atoms. The van der Waals surface area contributed by atoms with E-state index < -0.39 is 0 Å². The minimum absolute atomic E-state index is 0.674. The van der Waals surface area contributed by atoms with Gasteiger partial charge in [-0.25, -0.2) is 0 Å². The Labute approximate surface area is 121 Å². The van der Waals surface area contributed by atoms with Crippen LogP contribution in [-0.2, 0) is 11.2 Å². The van der Waals surface area contributed by atoms with Crippen molar-refractivity contribution in [2.75, 3.05) is 33.4 Å². The number of aliphatic imine (C=N–C) groups is 1. The normalized spacial score (nSPS) is 11.6. The van der Waals surface area contributed by atoms with Gasteiger partial charge in [-0.2, -0.15) is 0 Å². The molecule has 0 saturated heterocycles. The van der Waals surface area contributed by atoms with E-state index >= 15 is 0 Å². The number of nitrogens with zero attached hydrogens (tertiary/aromatic N) is 1. The van der Waals surface area contributed by atoms with Gasteiger partial charge in [0.05, 0.1) is 12.9 Å². The number of nitrogens with one attached hydrogen (secondary N) is 2. The molecule has 0 fully saturated rings. The first kappa shape index (κ1) is 16.6. The highest BCUT2D eigenvalue weighted by atomic mass is 16.5. The first-order valence-electron chi connectivity index (χ1n) is 7.40. The molecule has 0 aliphatic rings. The van der Waals surface area contributed by atoms with Crippen LogP contribution in [0.1, 0.15) is 31.9 Å². The van der Waals surface area contributed by atoms with Gasteiger partial charge in [0.2, 0.25) is 0 Å². The summed E-state index contributed by atoms with van der Waals surface area (Å²) in [7, 11) is 1.70. The fraction of sp³-hybridized carbons (Fsp3) is 0.667. The molecule has 0 amide bonds. The number of guanidine groups is 1. The Hall–Kier alpha value is -1.49. The van der Waals surface area contributed by atoms with Gasteiger partial charge in [0.15, 0.2) is 5.96 Å². The largest absolute Gasteiger partial charge is 0.469 e. The van der Waals surface area contributed by atoms with Crippen LogP contribution in [0.4, 0.5) is 0 Å². The summed E-state index contributed by atoms with van der Waals surface area (Å²) >= 11 is 0. The van der Waals surface area contributed by atoms with Crippen LogP contribution in [0.15, 0.2) is 27.8 Å². The van der Waals surface area contributed by atoms with E-state index in [1.54, 1.807) is 13.4 Å². The van der Waals surface area contributed by atoms with E-state index in [1.807, 2.05) is 12.1 Å². The highest BCUT2D eigenvalue weighted by Crippen LogP contribution is 1.99. The van der Waals surface area contributed by atoms with Crippen LogP contribution in [-0.4, -0.2) is 39.3 Å². The monoisotopic (exact) mass is 281 g/mol. The molecule has 1 aromatic heterocycles. The second-order valence-electron chi connectivity index (χ2n) is 4.61. The van der Waals surface area contributed by atoms with E-state index in [0.29, 0.717) is 6.61 Å². The molecule has 0 aliphatic carbocycles. The molecule has 0 bridgehead atoms. The molecule has 0 aliphatic heterocycles. The molecule has 0 radical (unpaired) electrons. The Morgan fingerprint density at radius 3 is 2.85 bits per heavy atom. The molecule has 1 aromatic rings. The third kappa shape index (κ3) is 7.84. The molecule has 0 atom stereocenters. The van der Waals surface area contributed by atoms with Crippen molar-refractivity contribution in [3.05, 3.63) is 24.2 Å². The Bertz CT molecular complexity index is 350. The van der Waals surface area contributed by atoms with Crippen molar-refractivity contribution < 1.29 is 9.15 Å². The van der Waals surface area contributed by atoms with Crippen LogP contribution in [0.2, 0.25) is 0 Å². The molecule has 0 aromatic carbocycles. The highest BCUT2D eigenvalue weighted by Gasteiger charge is 1.99. The standard InChI is InChI=1S/C15H27N3O2/c1-3-4-5-9-16-15(18-11-13-19-2)17-10-8-14-7-6-12-20-14/h6-7,12H,3-5,8-11,13H2,1-2H3,(H2,16,17,18). The van der Waals surface area contributed by atoms with E-state index in [-0.39, 0.29) is 0 Å². The lowest BCUT2D eigenvalue weighted by Gasteiger charge is -2.11. The van der Waals surface area contributed by atoms with Gasteiger partial charge in [-0.3, -0.25) is 4.99 Å². The van der Waals surface area contributed by atoms with Crippen molar-refractivity contribution >= 4 is 5.96 Å². The molecule has 2 N–H and O–H groups in total. The zero-order valence-corrected chi connectivity index (χ0v) is 12.7. The molecule has 5 heteroatoms. The molecular weight excluding hydrogens is 254 g/mol. The third-order valence-corrected chi connectivity index (χ3v) is 2.87. The Balaban J connectivity index is 2.28. The number of rotatable bonds is 10. The summed E-state index contributed by atoms with van der Waals surface area (Å²) in [4.78, 5) is 4.56. The number of hydrogen-bond donors (Lipinski definition) is 2. The van der Waals surface area contributed by atoms with E-state index in [1.165, 1.54) is 12.8 Å². The number of furan rings is 1. The van der Waals surface area contributed by atoms with Gasteiger partial charge in [-0.05, 0) is 18.6 Å². The van der Waals surface area contributed by atoms with Crippen molar-refractivity contribution in [3.8, 4) is 0 Å². The average molecular weight is 281 g/mol. The van der Waals surface area contributed by atoms with Gasteiger partial charge in [0.1, 0.15) is 5.76 Å². The van der Waals surface area contributed by atoms with Crippen LogP contribution in [0.5, 0.6) is 0 Å². The summed E-state index contributed by atoms with van der Waals surface area (Å²) < 4.78 is 10.3. The maximum Gasteiger partial charge on any atom is 0.191 e. The number of methoxy groups -OCH3 is 1. The van der Waals surface area contributed by atoms with E-state index in [2.05, 4.69) is 22.5 Å². The fourth-order valence-electron chi connectivity index (χ4n) is 1.76. The second-order valence-corrected chi connectivity index (χ2v) is 4.61. The van der Waals surface area contributed by atoms with E-state index in [0.717, 1.165) is 44.2 Å². The zero-order valence-electron chi connectivity index (χ0n) is 12.7.